The predicted molar refractivity (Wildman–Crippen MR) is 100 cm³/mol. The van der Waals surface area contributed by atoms with Crippen molar-refractivity contribution in [1.29, 1.82) is 0 Å². The van der Waals surface area contributed by atoms with Crippen LogP contribution in [0.15, 0.2) is 18.2 Å². The topological polar surface area (TPSA) is 86.8 Å². The molecule has 0 aromatic heterocycles. The fourth-order valence-electron chi connectivity index (χ4n) is 3.14. The van der Waals surface area contributed by atoms with Crippen LogP contribution in [0.4, 0.5) is 5.69 Å². The van der Waals surface area contributed by atoms with E-state index in [1.165, 1.54) is 9.80 Å². The summed E-state index contributed by atoms with van der Waals surface area (Å²) in [5.74, 6) is -1.89. The van der Waals surface area contributed by atoms with Crippen LogP contribution in [0.2, 0.25) is 0 Å². The Morgan fingerprint density at radius 2 is 1.89 bits per heavy atom. The highest BCUT2D eigenvalue weighted by Crippen LogP contribution is 2.30. The summed E-state index contributed by atoms with van der Waals surface area (Å²) in [4.78, 5) is 52.4. The summed E-state index contributed by atoms with van der Waals surface area (Å²) in [5.41, 5.74) is 1.04. The highest BCUT2D eigenvalue weighted by atomic mass is 16.2. The molecule has 3 rings (SSSR count). The molecule has 1 aromatic carbocycles. The smallest absolute Gasteiger partial charge is 0.299 e. The molecule has 0 spiro atoms. The first-order valence-electron chi connectivity index (χ1n) is 9.14. The van der Waals surface area contributed by atoms with Crippen LogP contribution in [-0.4, -0.2) is 53.1 Å². The third-order valence-electron chi connectivity index (χ3n) is 4.78. The second-order valence-corrected chi connectivity index (χ2v) is 8.23. The third kappa shape index (κ3) is 4.02. The molecule has 1 aliphatic heterocycles. The molecule has 3 amide bonds. The second kappa shape index (κ2) is 6.79. The Labute approximate surface area is 158 Å². The Morgan fingerprint density at radius 3 is 2.48 bits per heavy atom. The minimum atomic E-state index is -0.708. The maximum atomic E-state index is 13.0. The average Bonchev–Trinajstić information content (AvgIpc) is 3.35. The number of nitrogens with one attached hydrogen (secondary N) is 1. The SMILES string of the molecule is Cc1ccc2c(c1)C(=O)C(=O)N2CC(=O)N(CC(=O)NC1CC1)C(C)(C)C. The maximum absolute atomic E-state index is 13.0. The van der Waals surface area contributed by atoms with Crippen LogP contribution in [0.5, 0.6) is 0 Å². The monoisotopic (exact) mass is 371 g/mol. The lowest BCUT2D eigenvalue weighted by atomic mass is 10.1. The van der Waals surface area contributed by atoms with Gasteiger partial charge in [0.1, 0.15) is 13.1 Å². The highest BCUT2D eigenvalue weighted by molar-refractivity contribution is 6.52. The van der Waals surface area contributed by atoms with Crippen LogP contribution in [0.3, 0.4) is 0 Å². The van der Waals surface area contributed by atoms with Crippen molar-refractivity contribution in [2.45, 2.75) is 52.1 Å². The van der Waals surface area contributed by atoms with Gasteiger partial charge in [-0.05, 0) is 52.7 Å². The lowest BCUT2D eigenvalue weighted by molar-refractivity contribution is -0.140. The molecule has 0 saturated heterocycles. The molecule has 1 aromatic rings. The van der Waals surface area contributed by atoms with Crippen molar-refractivity contribution in [3.63, 3.8) is 0 Å². The van der Waals surface area contributed by atoms with Crippen LogP contribution in [-0.2, 0) is 14.4 Å². The Bertz CT molecular complexity index is 821. The van der Waals surface area contributed by atoms with Crippen LogP contribution in [0.25, 0.3) is 0 Å². The summed E-state index contributed by atoms with van der Waals surface area (Å²) in [7, 11) is 0. The fourth-order valence-corrected chi connectivity index (χ4v) is 3.14. The van der Waals surface area contributed by atoms with Crippen LogP contribution >= 0.6 is 0 Å². The molecule has 144 valence electrons. The standard InChI is InChI=1S/C20H25N3O4/c1-12-5-8-15-14(9-12)18(26)19(27)22(15)11-17(25)23(20(2,3)4)10-16(24)21-13-6-7-13/h5,8-9,13H,6-7,10-11H2,1-4H3,(H,21,24). The number of benzene rings is 1. The van der Waals surface area contributed by atoms with Gasteiger partial charge in [-0.1, -0.05) is 11.6 Å². The molecule has 0 unspecified atom stereocenters. The number of nitrogens with zero attached hydrogens (tertiary/aromatic N) is 2. The molecule has 0 radical (unpaired) electrons. The van der Waals surface area contributed by atoms with Crippen molar-refractivity contribution in [3.05, 3.63) is 29.3 Å². The number of hydrogen-bond donors (Lipinski definition) is 1. The summed E-state index contributed by atoms with van der Waals surface area (Å²) in [6.45, 7) is 7.01. The van der Waals surface area contributed by atoms with Crippen molar-refractivity contribution in [3.8, 4) is 0 Å². The zero-order valence-corrected chi connectivity index (χ0v) is 16.2. The molecular weight excluding hydrogens is 346 g/mol. The van der Waals surface area contributed by atoms with E-state index in [2.05, 4.69) is 5.32 Å². The van der Waals surface area contributed by atoms with Gasteiger partial charge in [-0.2, -0.15) is 0 Å². The molecule has 27 heavy (non-hydrogen) atoms. The highest BCUT2D eigenvalue weighted by Gasteiger charge is 2.39. The number of fused-ring (bicyclic) bond motifs is 1. The largest absolute Gasteiger partial charge is 0.352 e. The van der Waals surface area contributed by atoms with Crippen molar-refractivity contribution in [1.82, 2.24) is 10.2 Å². The quantitative estimate of drug-likeness (QED) is 0.794. The van der Waals surface area contributed by atoms with Crippen molar-refractivity contribution in [2.24, 2.45) is 0 Å². The first-order valence-corrected chi connectivity index (χ1v) is 9.14. The lowest BCUT2D eigenvalue weighted by Gasteiger charge is -2.36. The number of aryl methyl sites for hydroxylation is 1. The summed E-state index contributed by atoms with van der Waals surface area (Å²) >= 11 is 0. The number of hydrogen-bond acceptors (Lipinski definition) is 4. The van der Waals surface area contributed by atoms with Gasteiger partial charge in [0.05, 0.1) is 11.3 Å². The molecule has 1 heterocycles. The van der Waals surface area contributed by atoms with E-state index in [0.29, 0.717) is 11.3 Å². The summed E-state index contributed by atoms with van der Waals surface area (Å²) in [6, 6.07) is 5.35. The van der Waals surface area contributed by atoms with Gasteiger partial charge in [0.25, 0.3) is 11.7 Å². The van der Waals surface area contributed by atoms with Gasteiger partial charge in [-0.25, -0.2) is 0 Å². The summed E-state index contributed by atoms with van der Waals surface area (Å²) in [5, 5.41) is 2.88. The Morgan fingerprint density at radius 1 is 1.22 bits per heavy atom. The van der Waals surface area contributed by atoms with E-state index in [1.54, 1.807) is 18.2 Å². The summed E-state index contributed by atoms with van der Waals surface area (Å²) < 4.78 is 0. The maximum Gasteiger partial charge on any atom is 0.299 e. The van der Waals surface area contributed by atoms with Gasteiger partial charge in [0, 0.05) is 11.6 Å². The van der Waals surface area contributed by atoms with E-state index in [9.17, 15) is 19.2 Å². The van der Waals surface area contributed by atoms with Crippen molar-refractivity contribution < 1.29 is 19.2 Å². The molecule has 7 nitrogen and oxygen atoms in total. The van der Waals surface area contributed by atoms with Crippen LogP contribution in [0.1, 0.15) is 49.5 Å². The number of anilines is 1. The second-order valence-electron chi connectivity index (χ2n) is 8.23. The van der Waals surface area contributed by atoms with E-state index >= 15 is 0 Å². The molecule has 0 bridgehead atoms. The minimum absolute atomic E-state index is 0.0738. The lowest BCUT2D eigenvalue weighted by Crippen LogP contribution is -2.54. The molecule has 1 saturated carbocycles. The van der Waals surface area contributed by atoms with E-state index in [0.717, 1.165) is 18.4 Å². The molecule has 1 aliphatic carbocycles. The van der Waals surface area contributed by atoms with E-state index in [-0.39, 0.29) is 30.9 Å². The number of ketones is 1. The Hall–Kier alpha value is -2.70. The number of carbonyl (C=O) groups is 4. The van der Waals surface area contributed by atoms with Gasteiger partial charge in [0.15, 0.2) is 0 Å². The van der Waals surface area contributed by atoms with E-state index in [4.69, 9.17) is 0 Å². The zero-order chi connectivity index (χ0) is 19.9. The van der Waals surface area contributed by atoms with Crippen molar-refractivity contribution >= 4 is 29.2 Å². The van der Waals surface area contributed by atoms with E-state index < -0.39 is 17.2 Å². The Kier molecular flexibility index (Phi) is 4.80. The van der Waals surface area contributed by atoms with Gasteiger partial charge in [0.2, 0.25) is 11.8 Å². The van der Waals surface area contributed by atoms with Gasteiger partial charge < -0.3 is 10.2 Å². The first-order chi connectivity index (χ1) is 12.6. The fraction of sp³-hybridized carbons (Fsp3) is 0.500. The first kappa shape index (κ1) is 19.1. The molecule has 1 fully saturated rings. The predicted octanol–water partition coefficient (Wildman–Crippen LogP) is 1.43. The molecule has 0 atom stereocenters. The average molecular weight is 371 g/mol. The summed E-state index contributed by atoms with van der Waals surface area (Å²) in [6.07, 6.45) is 1.94. The molecule has 2 aliphatic rings. The molecule has 1 N–H and O–H groups in total. The number of rotatable bonds is 5. The normalized spacial score (nSPS) is 16.4. The number of amides is 3. The minimum Gasteiger partial charge on any atom is -0.352 e. The van der Waals surface area contributed by atoms with Gasteiger partial charge >= 0.3 is 0 Å². The zero-order valence-electron chi connectivity index (χ0n) is 16.2. The van der Waals surface area contributed by atoms with E-state index in [1.807, 2.05) is 27.7 Å². The van der Waals surface area contributed by atoms with Crippen LogP contribution in [0, 0.1) is 6.92 Å². The van der Waals surface area contributed by atoms with Crippen LogP contribution < -0.4 is 10.2 Å². The number of Topliss-reactive ketones (excluding diaryl/α,β-unsaturated/α-hetero) is 1. The third-order valence-corrected chi connectivity index (χ3v) is 4.78. The molecule has 7 heteroatoms. The van der Waals surface area contributed by atoms with Crippen molar-refractivity contribution in [2.75, 3.05) is 18.0 Å². The Balaban J connectivity index is 1.78. The molecular formula is C20H25N3O4. The van der Waals surface area contributed by atoms with Gasteiger partial charge in [-0.15, -0.1) is 0 Å². The number of carbonyl (C=O) groups excluding carboxylic acids is 4. The van der Waals surface area contributed by atoms with Gasteiger partial charge in [-0.3, -0.25) is 24.1 Å².